The number of aromatic nitrogens is 1. The molecule has 1 aliphatic carbocycles. The zero-order chi connectivity index (χ0) is 17.7. The lowest BCUT2D eigenvalue weighted by Gasteiger charge is -2.59. The van der Waals surface area contributed by atoms with E-state index < -0.39 is 5.76 Å². The molecule has 1 aromatic carbocycles. The molecule has 0 bridgehead atoms. The van der Waals surface area contributed by atoms with E-state index in [-0.39, 0.29) is 23.1 Å². The van der Waals surface area contributed by atoms with Crippen molar-refractivity contribution in [3.63, 3.8) is 0 Å². The molecule has 1 aliphatic rings. The number of nitrogens with one attached hydrogen (secondary N) is 2. The number of methoxy groups -OCH3 is 1. The quantitative estimate of drug-likeness (QED) is 0.903. The highest BCUT2D eigenvalue weighted by Gasteiger charge is 2.58. The number of hydrogen-bond acceptors (Lipinski definition) is 4. The van der Waals surface area contributed by atoms with Gasteiger partial charge in [-0.25, -0.2) is 9.59 Å². The third-order valence-corrected chi connectivity index (χ3v) is 5.63. The summed E-state index contributed by atoms with van der Waals surface area (Å²) in [6, 6.07) is 4.86. The molecule has 7 nitrogen and oxygen atoms in total. The normalized spacial score (nSPS) is 25.3. The van der Waals surface area contributed by atoms with E-state index in [1.807, 2.05) is 0 Å². The van der Waals surface area contributed by atoms with E-state index >= 15 is 0 Å². The van der Waals surface area contributed by atoms with Crippen LogP contribution in [0.15, 0.2) is 27.4 Å². The van der Waals surface area contributed by atoms with Crippen molar-refractivity contribution in [1.82, 2.24) is 9.88 Å². The fourth-order valence-corrected chi connectivity index (χ4v) is 3.26. The lowest BCUT2D eigenvalue weighted by atomic mass is 9.56. The van der Waals surface area contributed by atoms with Gasteiger partial charge >= 0.3 is 11.8 Å². The second-order valence-electron chi connectivity index (χ2n) is 7.12. The van der Waals surface area contributed by atoms with Crippen molar-refractivity contribution in [3.8, 4) is 0 Å². The summed E-state index contributed by atoms with van der Waals surface area (Å²) in [6.45, 7) is 6.21. The molecule has 24 heavy (non-hydrogen) atoms. The standard InChI is InChI=1S/C17H23N3O4/c1-16(2)13(9-17(16,3)23-5)19-14(21)18-10-6-7-11-12(8-10)24-15(22)20(11)4/h6-8,13H,9H2,1-5H3,(H2,18,19,21)/t13-,17-/m0/s1. The number of nitrogens with zero attached hydrogens (tertiary/aromatic N) is 1. The maximum atomic E-state index is 12.3. The van der Waals surface area contributed by atoms with E-state index in [0.717, 1.165) is 6.42 Å². The van der Waals surface area contributed by atoms with Crippen LogP contribution in [-0.2, 0) is 11.8 Å². The average Bonchev–Trinajstić information content (AvgIpc) is 2.80. The molecule has 0 saturated heterocycles. The van der Waals surface area contributed by atoms with E-state index in [9.17, 15) is 9.59 Å². The van der Waals surface area contributed by atoms with Crippen LogP contribution in [0.3, 0.4) is 0 Å². The van der Waals surface area contributed by atoms with Crippen LogP contribution in [0.25, 0.3) is 11.1 Å². The first-order chi connectivity index (χ1) is 11.2. The minimum Gasteiger partial charge on any atom is -0.408 e. The van der Waals surface area contributed by atoms with E-state index in [4.69, 9.17) is 9.15 Å². The molecule has 2 atom stereocenters. The van der Waals surface area contributed by atoms with Gasteiger partial charge < -0.3 is 19.8 Å². The molecular formula is C17H23N3O4. The highest BCUT2D eigenvalue weighted by Crippen LogP contribution is 2.51. The number of carbonyl (C=O) groups excluding carboxylic acids is 1. The highest BCUT2D eigenvalue weighted by molar-refractivity contribution is 5.91. The van der Waals surface area contributed by atoms with Crippen LogP contribution in [0, 0.1) is 5.41 Å². The van der Waals surface area contributed by atoms with Crippen molar-refractivity contribution < 1.29 is 13.9 Å². The Morgan fingerprint density at radius 2 is 2.08 bits per heavy atom. The third kappa shape index (κ3) is 2.39. The van der Waals surface area contributed by atoms with Crippen LogP contribution >= 0.6 is 0 Å². The Morgan fingerprint density at radius 1 is 1.38 bits per heavy atom. The maximum Gasteiger partial charge on any atom is 0.419 e. The van der Waals surface area contributed by atoms with Crippen LogP contribution in [0.4, 0.5) is 10.5 Å². The van der Waals surface area contributed by atoms with Crippen LogP contribution in [0.2, 0.25) is 0 Å². The number of rotatable bonds is 3. The van der Waals surface area contributed by atoms with E-state index in [2.05, 4.69) is 31.4 Å². The molecule has 0 radical (unpaired) electrons. The SMILES string of the molecule is CO[C@@]1(C)C[C@H](NC(=O)Nc2ccc3c(c2)oc(=O)n3C)C1(C)C. The Bertz CT molecular complexity index is 851. The Labute approximate surface area is 140 Å². The Morgan fingerprint density at radius 3 is 2.71 bits per heavy atom. The Hall–Kier alpha value is -2.28. The summed E-state index contributed by atoms with van der Waals surface area (Å²) in [6.07, 6.45) is 0.760. The predicted molar refractivity (Wildman–Crippen MR) is 91.2 cm³/mol. The second kappa shape index (κ2) is 5.37. The molecule has 1 fully saturated rings. The number of urea groups is 1. The molecule has 0 aliphatic heterocycles. The molecule has 1 aromatic heterocycles. The smallest absolute Gasteiger partial charge is 0.408 e. The van der Waals surface area contributed by atoms with Crippen molar-refractivity contribution in [2.24, 2.45) is 12.5 Å². The highest BCUT2D eigenvalue weighted by atomic mass is 16.5. The number of carbonyl (C=O) groups is 1. The second-order valence-corrected chi connectivity index (χ2v) is 7.12. The van der Waals surface area contributed by atoms with Gasteiger partial charge in [0.15, 0.2) is 5.58 Å². The van der Waals surface area contributed by atoms with E-state index in [1.54, 1.807) is 32.4 Å². The van der Waals surface area contributed by atoms with E-state index in [0.29, 0.717) is 16.8 Å². The predicted octanol–water partition coefficient (Wildman–Crippen LogP) is 2.46. The summed E-state index contributed by atoms with van der Waals surface area (Å²) in [5.74, 6) is -0.429. The molecule has 2 amide bonds. The number of oxazole rings is 1. The first-order valence-corrected chi connectivity index (χ1v) is 7.90. The number of amides is 2. The Balaban J connectivity index is 1.69. The van der Waals surface area contributed by atoms with Gasteiger partial charge in [-0.2, -0.15) is 0 Å². The molecule has 2 aromatic rings. The lowest BCUT2D eigenvalue weighted by Crippen LogP contribution is -2.68. The summed E-state index contributed by atoms with van der Waals surface area (Å²) in [5.41, 5.74) is 1.30. The van der Waals surface area contributed by atoms with Crippen LogP contribution in [0.5, 0.6) is 0 Å². The van der Waals surface area contributed by atoms with Crippen LogP contribution < -0.4 is 16.4 Å². The molecule has 0 unspecified atom stereocenters. The summed E-state index contributed by atoms with van der Waals surface area (Å²) in [4.78, 5) is 23.8. The van der Waals surface area contributed by atoms with Crippen LogP contribution in [0.1, 0.15) is 27.2 Å². The summed E-state index contributed by atoms with van der Waals surface area (Å²) in [5, 5.41) is 5.76. The van der Waals surface area contributed by atoms with Gasteiger partial charge in [-0.05, 0) is 25.5 Å². The molecule has 2 N–H and O–H groups in total. The number of fused-ring (bicyclic) bond motifs is 1. The first kappa shape index (κ1) is 16.6. The van der Waals surface area contributed by atoms with Crippen molar-refractivity contribution in [2.75, 3.05) is 12.4 Å². The minimum atomic E-state index is -0.429. The first-order valence-electron chi connectivity index (χ1n) is 7.90. The topological polar surface area (TPSA) is 85.5 Å². The zero-order valence-electron chi connectivity index (χ0n) is 14.6. The van der Waals surface area contributed by atoms with Crippen molar-refractivity contribution in [3.05, 3.63) is 28.7 Å². The van der Waals surface area contributed by atoms with Gasteiger partial charge in [-0.1, -0.05) is 13.8 Å². The average molecular weight is 333 g/mol. The van der Waals surface area contributed by atoms with Crippen molar-refractivity contribution in [2.45, 2.75) is 38.8 Å². The van der Waals surface area contributed by atoms with Gasteiger partial charge in [-0.15, -0.1) is 0 Å². The van der Waals surface area contributed by atoms with Gasteiger partial charge in [0, 0.05) is 37.4 Å². The number of anilines is 1. The van der Waals surface area contributed by atoms with Crippen molar-refractivity contribution in [1.29, 1.82) is 0 Å². The number of ether oxygens (including phenoxy) is 1. The molecule has 1 heterocycles. The molecule has 3 rings (SSSR count). The molecular weight excluding hydrogens is 310 g/mol. The molecule has 1 saturated carbocycles. The van der Waals surface area contributed by atoms with Crippen molar-refractivity contribution >= 4 is 22.8 Å². The summed E-state index contributed by atoms with van der Waals surface area (Å²) >= 11 is 0. The van der Waals surface area contributed by atoms with Gasteiger partial charge in [0.05, 0.1) is 11.1 Å². The lowest BCUT2D eigenvalue weighted by molar-refractivity contribution is -0.177. The molecule has 0 spiro atoms. The fourth-order valence-electron chi connectivity index (χ4n) is 3.26. The largest absolute Gasteiger partial charge is 0.419 e. The van der Waals surface area contributed by atoms with Gasteiger partial charge in [0.25, 0.3) is 0 Å². The number of benzene rings is 1. The monoisotopic (exact) mass is 333 g/mol. The molecule has 7 heteroatoms. The summed E-state index contributed by atoms with van der Waals surface area (Å²) in [7, 11) is 3.33. The molecule has 130 valence electrons. The van der Waals surface area contributed by atoms with Gasteiger partial charge in [0.2, 0.25) is 0 Å². The minimum absolute atomic E-state index is 0.0286. The van der Waals surface area contributed by atoms with Gasteiger partial charge in [0.1, 0.15) is 0 Å². The number of hydrogen-bond donors (Lipinski definition) is 2. The Kier molecular flexibility index (Phi) is 3.71. The zero-order valence-corrected chi connectivity index (χ0v) is 14.6. The van der Waals surface area contributed by atoms with E-state index in [1.165, 1.54) is 4.57 Å². The number of aryl methyl sites for hydroxylation is 1. The summed E-state index contributed by atoms with van der Waals surface area (Å²) < 4.78 is 12.1. The fraction of sp³-hybridized carbons (Fsp3) is 0.529. The maximum absolute atomic E-state index is 12.3. The van der Waals surface area contributed by atoms with Gasteiger partial charge in [-0.3, -0.25) is 4.57 Å². The van der Waals surface area contributed by atoms with Crippen LogP contribution in [-0.4, -0.2) is 29.4 Å². The third-order valence-electron chi connectivity index (χ3n) is 5.63.